The quantitative estimate of drug-likeness (QED) is 0.196. The number of carbonyl (C=O) groups excluding carboxylic acids is 3. The number of carboxylic acids is 1. The molecule has 0 rings (SSSR count). The van der Waals surface area contributed by atoms with Crippen molar-refractivity contribution in [1.82, 2.24) is 16.0 Å². The molecule has 0 aromatic heterocycles. The first-order valence-corrected chi connectivity index (χ1v) is 8.83. The average molecular weight is 392 g/mol. The Morgan fingerprint density at radius 3 is 1.92 bits per heavy atom. The first-order valence-electron chi connectivity index (χ1n) is 8.20. The minimum atomic E-state index is -1.37. The van der Waals surface area contributed by atoms with E-state index in [1.54, 1.807) is 6.92 Å². The van der Waals surface area contributed by atoms with Crippen LogP contribution in [0.15, 0.2) is 0 Å². The lowest BCUT2D eigenvalue weighted by molar-refractivity contribution is -0.142. The predicted octanol–water partition coefficient (Wildman–Crippen LogP) is -2.16. The Kier molecular flexibility index (Phi) is 10.9. The molecule has 0 aromatic carbocycles. The van der Waals surface area contributed by atoms with E-state index in [0.29, 0.717) is 6.42 Å². The van der Waals surface area contributed by atoms with Gasteiger partial charge in [0.2, 0.25) is 17.7 Å². The van der Waals surface area contributed by atoms with Crippen molar-refractivity contribution in [3.05, 3.63) is 0 Å². The van der Waals surface area contributed by atoms with Crippen molar-refractivity contribution in [1.29, 1.82) is 0 Å². The number of thiol groups is 1. The molecule has 10 nitrogen and oxygen atoms in total. The van der Waals surface area contributed by atoms with Crippen LogP contribution < -0.4 is 21.7 Å². The van der Waals surface area contributed by atoms with Gasteiger partial charge in [-0.3, -0.25) is 14.4 Å². The predicted molar refractivity (Wildman–Crippen MR) is 97.5 cm³/mol. The lowest BCUT2D eigenvalue weighted by atomic mass is 9.97. The van der Waals surface area contributed by atoms with E-state index in [-0.39, 0.29) is 11.7 Å². The standard InChI is InChI=1S/C15H28N4O6S/c1-4-7(2)11(19-12(21)8(3)16)14(23)17-9(5-20)13(22)18-10(6-26)15(24)25/h7-11,20,26H,4-6,16H2,1-3H3,(H,17,23)(H,18,22)(H,19,21)(H,24,25). The number of hydrogen-bond acceptors (Lipinski definition) is 7. The lowest BCUT2D eigenvalue weighted by Crippen LogP contribution is -2.59. The van der Waals surface area contributed by atoms with Crippen molar-refractivity contribution < 1.29 is 29.4 Å². The highest BCUT2D eigenvalue weighted by molar-refractivity contribution is 7.80. The number of carboxylic acid groups (broad SMARTS) is 1. The minimum Gasteiger partial charge on any atom is -0.480 e. The molecule has 0 spiro atoms. The van der Waals surface area contributed by atoms with Crippen molar-refractivity contribution in [2.45, 2.75) is 51.4 Å². The number of hydrogen-bond donors (Lipinski definition) is 7. The zero-order valence-corrected chi connectivity index (χ0v) is 16.0. The smallest absolute Gasteiger partial charge is 0.327 e. The Morgan fingerprint density at radius 2 is 1.54 bits per heavy atom. The summed E-state index contributed by atoms with van der Waals surface area (Å²) in [4.78, 5) is 47.3. The van der Waals surface area contributed by atoms with Crippen LogP contribution in [0.5, 0.6) is 0 Å². The van der Waals surface area contributed by atoms with Crippen LogP contribution in [-0.4, -0.2) is 70.4 Å². The van der Waals surface area contributed by atoms with E-state index in [4.69, 9.17) is 10.8 Å². The van der Waals surface area contributed by atoms with Gasteiger partial charge < -0.3 is 31.9 Å². The number of rotatable bonds is 11. The number of nitrogens with two attached hydrogens (primary N) is 1. The molecule has 5 unspecified atom stereocenters. The second-order valence-electron chi connectivity index (χ2n) is 5.99. The molecular weight excluding hydrogens is 364 g/mol. The average Bonchev–Trinajstić information content (AvgIpc) is 2.60. The SMILES string of the molecule is CCC(C)C(NC(=O)C(C)N)C(=O)NC(CO)C(=O)NC(CS)C(=O)O. The molecule has 0 aliphatic heterocycles. The summed E-state index contributed by atoms with van der Waals surface area (Å²) in [5.74, 6) is -3.80. The van der Waals surface area contributed by atoms with E-state index >= 15 is 0 Å². The van der Waals surface area contributed by atoms with Crippen LogP contribution >= 0.6 is 12.6 Å². The maximum Gasteiger partial charge on any atom is 0.327 e. The van der Waals surface area contributed by atoms with E-state index in [2.05, 4.69) is 28.6 Å². The molecule has 7 N–H and O–H groups in total. The monoisotopic (exact) mass is 392 g/mol. The third kappa shape index (κ3) is 7.58. The third-order valence-corrected chi connectivity index (χ3v) is 4.18. The topological polar surface area (TPSA) is 171 Å². The number of aliphatic hydroxyl groups excluding tert-OH is 1. The Bertz CT molecular complexity index is 516. The van der Waals surface area contributed by atoms with Gasteiger partial charge in [0.25, 0.3) is 0 Å². The van der Waals surface area contributed by atoms with Gasteiger partial charge in [-0.15, -0.1) is 0 Å². The molecular formula is C15H28N4O6S. The van der Waals surface area contributed by atoms with Gasteiger partial charge in [0, 0.05) is 5.75 Å². The summed E-state index contributed by atoms with van der Waals surface area (Å²) in [7, 11) is 0. The molecule has 0 saturated carbocycles. The Morgan fingerprint density at radius 1 is 1.00 bits per heavy atom. The van der Waals surface area contributed by atoms with E-state index < -0.39 is 54.5 Å². The molecule has 0 aliphatic rings. The van der Waals surface area contributed by atoms with Crippen molar-refractivity contribution in [2.24, 2.45) is 11.7 Å². The zero-order valence-electron chi connectivity index (χ0n) is 15.1. The van der Waals surface area contributed by atoms with Crippen molar-refractivity contribution in [3.63, 3.8) is 0 Å². The number of aliphatic hydroxyl groups is 1. The normalized spacial score (nSPS) is 16.5. The Hall–Kier alpha value is -1.85. The molecule has 0 aliphatic carbocycles. The van der Waals surface area contributed by atoms with E-state index in [9.17, 15) is 24.3 Å². The number of nitrogens with one attached hydrogen (secondary N) is 3. The van der Waals surface area contributed by atoms with Crippen LogP contribution in [0.1, 0.15) is 27.2 Å². The molecule has 0 radical (unpaired) electrons. The van der Waals surface area contributed by atoms with Crippen LogP contribution in [0.25, 0.3) is 0 Å². The fraction of sp³-hybridized carbons (Fsp3) is 0.733. The summed E-state index contributed by atoms with van der Waals surface area (Å²) >= 11 is 3.82. The molecule has 26 heavy (non-hydrogen) atoms. The zero-order chi connectivity index (χ0) is 20.4. The van der Waals surface area contributed by atoms with E-state index in [1.807, 2.05) is 6.92 Å². The van der Waals surface area contributed by atoms with Gasteiger partial charge >= 0.3 is 5.97 Å². The number of aliphatic carboxylic acids is 1. The third-order valence-electron chi connectivity index (χ3n) is 3.82. The fourth-order valence-corrected chi connectivity index (χ4v) is 2.15. The highest BCUT2D eigenvalue weighted by Crippen LogP contribution is 2.09. The van der Waals surface area contributed by atoms with Gasteiger partial charge in [0.1, 0.15) is 18.1 Å². The van der Waals surface area contributed by atoms with Gasteiger partial charge in [0.05, 0.1) is 12.6 Å². The Balaban J connectivity index is 5.13. The largest absolute Gasteiger partial charge is 0.480 e. The van der Waals surface area contributed by atoms with Gasteiger partial charge in [-0.25, -0.2) is 4.79 Å². The van der Waals surface area contributed by atoms with Crippen LogP contribution in [0, 0.1) is 5.92 Å². The van der Waals surface area contributed by atoms with Gasteiger partial charge in [-0.2, -0.15) is 12.6 Å². The summed E-state index contributed by atoms with van der Waals surface area (Å²) in [6.07, 6.45) is 0.564. The molecule has 11 heteroatoms. The van der Waals surface area contributed by atoms with Crippen molar-refractivity contribution in [2.75, 3.05) is 12.4 Å². The molecule has 3 amide bonds. The van der Waals surface area contributed by atoms with Gasteiger partial charge in [-0.1, -0.05) is 20.3 Å². The molecule has 0 aromatic rings. The van der Waals surface area contributed by atoms with Gasteiger partial charge in [-0.05, 0) is 12.8 Å². The summed E-state index contributed by atoms with van der Waals surface area (Å²) in [6.45, 7) is 4.28. The molecule has 0 saturated heterocycles. The first kappa shape index (κ1) is 24.1. The van der Waals surface area contributed by atoms with E-state index in [0.717, 1.165) is 0 Å². The summed E-state index contributed by atoms with van der Waals surface area (Å²) in [5.41, 5.74) is 5.49. The number of amides is 3. The highest BCUT2D eigenvalue weighted by atomic mass is 32.1. The Labute approximate surface area is 157 Å². The molecule has 0 fully saturated rings. The summed E-state index contributed by atoms with van der Waals surface area (Å²) < 4.78 is 0. The minimum absolute atomic E-state index is 0.160. The maximum atomic E-state index is 12.5. The molecule has 0 heterocycles. The maximum absolute atomic E-state index is 12.5. The molecule has 150 valence electrons. The molecule has 0 bridgehead atoms. The van der Waals surface area contributed by atoms with Gasteiger partial charge in [0.15, 0.2) is 0 Å². The number of carbonyl (C=O) groups is 4. The summed E-state index contributed by atoms with van der Waals surface area (Å²) in [5, 5.41) is 25.3. The van der Waals surface area contributed by atoms with E-state index in [1.165, 1.54) is 6.92 Å². The van der Waals surface area contributed by atoms with Crippen molar-refractivity contribution in [3.8, 4) is 0 Å². The second kappa shape index (κ2) is 11.7. The van der Waals surface area contributed by atoms with Crippen LogP contribution in [0.2, 0.25) is 0 Å². The first-order chi connectivity index (χ1) is 12.1. The highest BCUT2D eigenvalue weighted by Gasteiger charge is 2.31. The lowest BCUT2D eigenvalue weighted by Gasteiger charge is -2.26. The summed E-state index contributed by atoms with van der Waals surface area (Å²) in [6, 6.07) is -4.42. The van der Waals surface area contributed by atoms with Crippen LogP contribution in [-0.2, 0) is 19.2 Å². The fourth-order valence-electron chi connectivity index (χ4n) is 1.90. The van der Waals surface area contributed by atoms with Crippen molar-refractivity contribution >= 4 is 36.3 Å². The van der Waals surface area contributed by atoms with Crippen LogP contribution in [0.4, 0.5) is 0 Å². The molecule has 5 atom stereocenters. The second-order valence-corrected chi connectivity index (χ2v) is 6.35. The van der Waals surface area contributed by atoms with Crippen LogP contribution in [0.3, 0.4) is 0 Å².